The summed E-state index contributed by atoms with van der Waals surface area (Å²) in [6.45, 7) is 7.49. The average Bonchev–Trinajstić information content (AvgIpc) is 3.36. The molecule has 2 heterocycles. The van der Waals surface area contributed by atoms with Gasteiger partial charge in [-0.25, -0.2) is 0 Å². The molecule has 4 unspecified atom stereocenters. The molecule has 4 aromatic carbocycles. The summed E-state index contributed by atoms with van der Waals surface area (Å²) in [4.78, 5) is 31.6. The first-order chi connectivity index (χ1) is 34.2. The Labute approximate surface area is 422 Å². The van der Waals surface area contributed by atoms with E-state index in [1.54, 1.807) is 48.8 Å². The lowest BCUT2D eigenvalue weighted by Crippen LogP contribution is -2.44. The number of carboxylic acid groups (broad SMARTS) is 1. The van der Waals surface area contributed by atoms with Crippen LogP contribution in [-0.2, 0) is 49.1 Å². The molecule has 0 fully saturated rings. The normalized spacial score (nSPS) is 12.5. The number of pyridine rings is 2. The van der Waals surface area contributed by atoms with Crippen molar-refractivity contribution in [2.75, 3.05) is 7.11 Å². The van der Waals surface area contributed by atoms with Gasteiger partial charge in [0.25, 0.3) is 0 Å². The van der Waals surface area contributed by atoms with Crippen LogP contribution < -0.4 is 29.6 Å². The van der Waals surface area contributed by atoms with E-state index in [0.29, 0.717) is 67.7 Å². The highest BCUT2D eigenvalue weighted by Crippen LogP contribution is 2.37. The smallest absolute Gasteiger partial charge is 0.323 e. The van der Waals surface area contributed by atoms with Crippen LogP contribution in [-0.4, -0.2) is 74.1 Å². The minimum absolute atomic E-state index is 0.00139. The summed E-state index contributed by atoms with van der Waals surface area (Å²) in [6, 6.07) is 23.9. The Kier molecular flexibility index (Phi) is 20.6. The first kappa shape index (κ1) is 54.8. The van der Waals surface area contributed by atoms with Crippen molar-refractivity contribution in [2.45, 2.75) is 91.5 Å². The second kappa shape index (κ2) is 26.7. The molecule has 0 spiro atoms. The molecule has 0 saturated carbocycles. The summed E-state index contributed by atoms with van der Waals surface area (Å²) < 4.78 is 25.1. The molecule has 6 rings (SSSR count). The van der Waals surface area contributed by atoms with Crippen molar-refractivity contribution in [3.05, 3.63) is 163 Å². The fourth-order valence-electron chi connectivity index (χ4n) is 7.31. The number of hydrogen-bond donors (Lipinski definition) is 6. The van der Waals surface area contributed by atoms with Gasteiger partial charge in [0, 0.05) is 79.4 Å². The summed E-state index contributed by atoms with van der Waals surface area (Å²) in [5.41, 5.74) is 8.85. The van der Waals surface area contributed by atoms with E-state index in [1.165, 1.54) is 26.2 Å². The van der Waals surface area contributed by atoms with Gasteiger partial charge in [-0.1, -0.05) is 59.6 Å². The first-order valence-electron chi connectivity index (χ1n) is 22.2. The molecule has 2 aromatic heterocycles. The number of ether oxygens (including phenoxy) is 4. The molecule has 0 radical (unpaired) electrons. The van der Waals surface area contributed by atoms with Crippen LogP contribution in [0.15, 0.2) is 97.6 Å². The number of carbonyl (C=O) groups is 2. The molecular weight excluding hydrogens is 952 g/mol. The predicted octanol–water partition coefficient (Wildman–Crippen LogP) is 7.70. The third kappa shape index (κ3) is 14.9. The zero-order valence-corrected chi connectivity index (χ0v) is 41.2. The highest BCUT2D eigenvalue weighted by molar-refractivity contribution is 6.32. The highest BCUT2D eigenvalue weighted by atomic mass is 35.5. The number of benzene rings is 4. The molecule has 0 bridgehead atoms. The standard InChI is InChI=1S/C52H50Cl2N6O9.CH4O/c1-30-38(28-68-49-15-47(66-26-36-11-34(17-55)19-57-21-36)40(13-44(49)53)23-59-46(25-61)32(3)62)7-5-9-42(30)43-10-6-8-39(31(43)2)29-69-50-16-48(67-27-37-12-35(18-56)20-58-22-37)41(14-45(50)54)24-60-51(33(4)63)52(64)65;1-2/h5-16,19-22,25,32-33,46,51,59-60,62-63H,23-24,26-29H2,1-4H3,(H,64,65);2H,1H3. The Morgan fingerprint density at radius 1 is 0.648 bits per heavy atom. The number of carboxylic acids is 1. The second-order valence-corrected chi connectivity index (χ2v) is 17.0. The number of hydrogen-bond acceptors (Lipinski definition) is 15. The third-order valence-corrected chi connectivity index (χ3v) is 11.9. The molecule has 0 saturated heterocycles. The summed E-state index contributed by atoms with van der Waals surface area (Å²) in [5, 5.41) is 61.9. The van der Waals surface area contributed by atoms with Crippen LogP contribution >= 0.6 is 23.2 Å². The first-order valence-corrected chi connectivity index (χ1v) is 22.9. The Hall–Kier alpha value is -7.12. The van der Waals surface area contributed by atoms with E-state index in [4.69, 9.17) is 47.3 Å². The molecule has 0 aliphatic carbocycles. The van der Waals surface area contributed by atoms with Crippen molar-refractivity contribution in [1.29, 1.82) is 10.5 Å². The minimum Gasteiger partial charge on any atom is -0.488 e. The van der Waals surface area contributed by atoms with Crippen LogP contribution in [0.5, 0.6) is 23.0 Å². The molecule has 6 aromatic rings. The number of halogens is 2. The summed E-state index contributed by atoms with van der Waals surface area (Å²) in [5.74, 6) is 0.213. The van der Waals surface area contributed by atoms with E-state index in [2.05, 4.69) is 32.7 Å². The van der Waals surface area contributed by atoms with Crippen molar-refractivity contribution in [3.63, 3.8) is 0 Å². The number of aldehydes is 1. The molecule has 16 nitrogen and oxygen atoms in total. The third-order valence-electron chi connectivity index (χ3n) is 11.3. The summed E-state index contributed by atoms with van der Waals surface area (Å²) >= 11 is 13.6. The van der Waals surface area contributed by atoms with E-state index in [-0.39, 0.29) is 44.5 Å². The lowest BCUT2D eigenvalue weighted by molar-refractivity contribution is -0.142. The van der Waals surface area contributed by atoms with Gasteiger partial charge in [-0.05, 0) is 85.3 Å². The van der Waals surface area contributed by atoms with E-state index >= 15 is 0 Å². The second-order valence-electron chi connectivity index (χ2n) is 16.2. The van der Waals surface area contributed by atoms with Gasteiger partial charge in [0.15, 0.2) is 0 Å². The van der Waals surface area contributed by atoms with Crippen LogP contribution in [0.1, 0.15) is 69.5 Å². The van der Waals surface area contributed by atoms with E-state index in [0.717, 1.165) is 40.5 Å². The zero-order valence-electron chi connectivity index (χ0n) is 39.7. The highest BCUT2D eigenvalue weighted by Gasteiger charge is 2.24. The van der Waals surface area contributed by atoms with Crippen molar-refractivity contribution in [2.24, 2.45) is 0 Å². The van der Waals surface area contributed by atoms with Gasteiger partial charge in [0.05, 0.1) is 39.4 Å². The lowest BCUT2D eigenvalue weighted by Gasteiger charge is -2.20. The Morgan fingerprint density at radius 2 is 1.08 bits per heavy atom. The number of nitrogens with one attached hydrogen (secondary N) is 2. The summed E-state index contributed by atoms with van der Waals surface area (Å²) in [6.07, 6.45) is 4.61. The van der Waals surface area contributed by atoms with E-state index in [9.17, 15) is 35.4 Å². The predicted molar refractivity (Wildman–Crippen MR) is 266 cm³/mol. The molecule has 0 aliphatic rings. The number of nitriles is 2. The number of aliphatic carboxylic acids is 1. The fourth-order valence-corrected chi connectivity index (χ4v) is 7.80. The molecular formula is C53H54Cl2N6O10. The molecule has 6 N–H and O–H groups in total. The van der Waals surface area contributed by atoms with Crippen LogP contribution in [0.25, 0.3) is 11.1 Å². The topological polar surface area (TPSA) is 249 Å². The maximum atomic E-state index is 11.8. The number of aromatic nitrogens is 2. The molecule has 4 atom stereocenters. The fraction of sp³-hybridized carbons (Fsp3) is 0.283. The SMILES string of the molecule is CO.Cc1c(COc2cc(OCc3cncc(C#N)c3)c(CNC(C=O)C(C)O)cc2Cl)cccc1-c1cccc(COc2cc(OCc3cncc(C#N)c3)c(CNC(C(=O)O)C(C)O)cc2Cl)c1C. The zero-order chi connectivity index (χ0) is 51.6. The average molecular weight is 1010 g/mol. The number of aliphatic hydroxyl groups is 3. The lowest BCUT2D eigenvalue weighted by atomic mass is 9.92. The van der Waals surface area contributed by atoms with Crippen molar-refractivity contribution in [3.8, 4) is 46.3 Å². The number of rotatable bonds is 23. The quantitative estimate of drug-likeness (QED) is 0.0337. The minimum atomic E-state index is -1.25. The molecule has 18 heteroatoms. The number of nitrogens with zero attached hydrogens (tertiary/aromatic N) is 4. The molecule has 0 aliphatic heterocycles. The largest absolute Gasteiger partial charge is 0.488 e. The van der Waals surface area contributed by atoms with Crippen molar-refractivity contribution >= 4 is 35.5 Å². The Bertz CT molecular complexity index is 2890. The maximum Gasteiger partial charge on any atom is 0.323 e. The number of carbonyl (C=O) groups excluding carboxylic acids is 1. The monoisotopic (exact) mass is 1000 g/mol. The molecule has 370 valence electrons. The van der Waals surface area contributed by atoms with E-state index in [1.807, 2.05) is 50.2 Å². The van der Waals surface area contributed by atoms with Gasteiger partial charge in [-0.15, -0.1) is 0 Å². The van der Waals surface area contributed by atoms with Crippen molar-refractivity contribution < 1.29 is 49.0 Å². The van der Waals surface area contributed by atoms with E-state index < -0.39 is 30.3 Å². The van der Waals surface area contributed by atoms with Gasteiger partial charge in [0.2, 0.25) is 0 Å². The Balaban J connectivity index is 0.00000463. The molecule has 0 amide bonds. The van der Waals surface area contributed by atoms with Crippen LogP contribution in [0.3, 0.4) is 0 Å². The van der Waals surface area contributed by atoms with Gasteiger partial charge in [-0.2, -0.15) is 10.5 Å². The van der Waals surface area contributed by atoms with Gasteiger partial charge in [-0.3, -0.25) is 20.1 Å². The van der Waals surface area contributed by atoms with Gasteiger partial charge >= 0.3 is 5.97 Å². The van der Waals surface area contributed by atoms with Gasteiger partial charge in [0.1, 0.15) is 73.9 Å². The maximum absolute atomic E-state index is 11.8. The summed E-state index contributed by atoms with van der Waals surface area (Å²) in [7, 11) is 1.00. The van der Waals surface area contributed by atoms with Gasteiger partial charge < -0.3 is 49.5 Å². The van der Waals surface area contributed by atoms with Crippen LogP contribution in [0.4, 0.5) is 0 Å². The molecule has 71 heavy (non-hydrogen) atoms. The van der Waals surface area contributed by atoms with Crippen molar-refractivity contribution in [1.82, 2.24) is 20.6 Å². The van der Waals surface area contributed by atoms with Crippen LogP contribution in [0.2, 0.25) is 10.0 Å². The van der Waals surface area contributed by atoms with Crippen LogP contribution in [0, 0.1) is 36.5 Å². The number of aliphatic hydroxyl groups excluding tert-OH is 3. The Morgan fingerprint density at radius 3 is 1.48 bits per heavy atom.